The SMILES string of the molecule is CCCCCCCCCCOc1ccc(CC(N)(CO)CO)cc1. The van der Waals surface area contributed by atoms with Crippen LogP contribution in [0.15, 0.2) is 24.3 Å². The summed E-state index contributed by atoms with van der Waals surface area (Å²) in [5.41, 5.74) is 5.93. The minimum atomic E-state index is -0.959. The van der Waals surface area contributed by atoms with Crippen LogP contribution in [0.3, 0.4) is 0 Å². The van der Waals surface area contributed by atoms with Crippen molar-refractivity contribution in [1.29, 1.82) is 0 Å². The Morgan fingerprint density at radius 3 is 1.96 bits per heavy atom. The number of rotatable bonds is 14. The van der Waals surface area contributed by atoms with E-state index < -0.39 is 5.54 Å². The smallest absolute Gasteiger partial charge is 0.119 e. The highest BCUT2D eigenvalue weighted by molar-refractivity contribution is 5.28. The first-order chi connectivity index (χ1) is 11.6. The molecule has 0 bridgehead atoms. The average Bonchev–Trinajstić information content (AvgIpc) is 2.61. The molecule has 0 atom stereocenters. The summed E-state index contributed by atoms with van der Waals surface area (Å²) in [6.07, 6.45) is 10.8. The Hall–Kier alpha value is -1.10. The molecule has 0 fully saturated rings. The van der Waals surface area contributed by atoms with Crippen molar-refractivity contribution in [3.63, 3.8) is 0 Å². The minimum Gasteiger partial charge on any atom is -0.494 e. The van der Waals surface area contributed by atoms with Crippen molar-refractivity contribution in [3.8, 4) is 5.75 Å². The third-order valence-corrected chi connectivity index (χ3v) is 4.38. The van der Waals surface area contributed by atoms with E-state index in [9.17, 15) is 10.2 Å². The molecule has 0 aliphatic rings. The normalized spacial score (nSPS) is 11.7. The first-order valence-electron chi connectivity index (χ1n) is 9.36. The number of hydrogen-bond acceptors (Lipinski definition) is 4. The number of ether oxygens (including phenoxy) is 1. The van der Waals surface area contributed by atoms with Crippen LogP contribution in [-0.4, -0.2) is 35.6 Å². The molecule has 4 N–H and O–H groups in total. The Kier molecular flexibility index (Phi) is 10.7. The quantitative estimate of drug-likeness (QED) is 0.455. The number of nitrogens with two attached hydrogens (primary N) is 1. The van der Waals surface area contributed by atoms with Crippen LogP contribution < -0.4 is 10.5 Å². The summed E-state index contributed by atoms with van der Waals surface area (Å²) in [6.45, 7) is 2.53. The lowest BCUT2D eigenvalue weighted by Crippen LogP contribution is -2.49. The molecule has 0 amide bonds. The summed E-state index contributed by atoms with van der Waals surface area (Å²) in [7, 11) is 0. The van der Waals surface area contributed by atoms with E-state index >= 15 is 0 Å². The maximum Gasteiger partial charge on any atom is 0.119 e. The van der Waals surface area contributed by atoms with Gasteiger partial charge in [0.1, 0.15) is 5.75 Å². The highest BCUT2D eigenvalue weighted by atomic mass is 16.5. The summed E-state index contributed by atoms with van der Waals surface area (Å²) >= 11 is 0. The van der Waals surface area contributed by atoms with Gasteiger partial charge in [0.2, 0.25) is 0 Å². The highest BCUT2D eigenvalue weighted by Gasteiger charge is 2.23. The molecule has 24 heavy (non-hydrogen) atoms. The number of unbranched alkanes of at least 4 members (excludes halogenated alkanes) is 7. The number of hydrogen-bond donors (Lipinski definition) is 3. The fourth-order valence-corrected chi connectivity index (χ4v) is 2.70. The van der Waals surface area contributed by atoms with Crippen LogP contribution in [0.2, 0.25) is 0 Å². The molecule has 0 saturated carbocycles. The van der Waals surface area contributed by atoms with Gasteiger partial charge in [0, 0.05) is 0 Å². The predicted molar refractivity (Wildman–Crippen MR) is 99.3 cm³/mol. The van der Waals surface area contributed by atoms with E-state index in [0.717, 1.165) is 24.3 Å². The Morgan fingerprint density at radius 2 is 1.42 bits per heavy atom. The Bertz CT molecular complexity index is 415. The highest BCUT2D eigenvalue weighted by Crippen LogP contribution is 2.17. The summed E-state index contributed by atoms with van der Waals surface area (Å²) in [6, 6.07) is 7.73. The molecular formula is C20H35NO3. The maximum atomic E-state index is 9.24. The zero-order chi connectivity index (χ0) is 17.7. The van der Waals surface area contributed by atoms with Gasteiger partial charge in [0.25, 0.3) is 0 Å². The van der Waals surface area contributed by atoms with E-state index in [0.29, 0.717) is 6.42 Å². The second kappa shape index (κ2) is 12.3. The standard InChI is InChI=1S/C20H35NO3/c1-2-3-4-5-6-7-8-9-14-24-19-12-10-18(11-13-19)15-20(21,16-22)17-23/h10-13,22-23H,2-9,14-17,21H2,1H3. The summed E-state index contributed by atoms with van der Waals surface area (Å²) in [5, 5.41) is 18.5. The molecule has 0 radical (unpaired) electrons. The van der Waals surface area contributed by atoms with Gasteiger partial charge in [-0.1, -0.05) is 64.0 Å². The second-order valence-corrected chi connectivity index (χ2v) is 6.82. The van der Waals surface area contributed by atoms with Crippen molar-refractivity contribution < 1.29 is 14.9 Å². The second-order valence-electron chi connectivity index (χ2n) is 6.82. The molecule has 0 aromatic heterocycles. The van der Waals surface area contributed by atoms with E-state index in [-0.39, 0.29) is 13.2 Å². The van der Waals surface area contributed by atoms with Gasteiger partial charge < -0.3 is 20.7 Å². The van der Waals surface area contributed by atoms with E-state index in [1.54, 1.807) is 0 Å². The summed E-state index contributed by atoms with van der Waals surface area (Å²) < 4.78 is 5.76. The number of aliphatic hydroxyl groups excluding tert-OH is 2. The summed E-state index contributed by atoms with van der Waals surface area (Å²) in [4.78, 5) is 0. The van der Waals surface area contributed by atoms with Gasteiger partial charge in [-0.15, -0.1) is 0 Å². The molecule has 0 saturated heterocycles. The van der Waals surface area contributed by atoms with Crippen molar-refractivity contribution in [2.75, 3.05) is 19.8 Å². The largest absolute Gasteiger partial charge is 0.494 e. The van der Waals surface area contributed by atoms with Gasteiger partial charge in [-0.05, 0) is 30.5 Å². The van der Waals surface area contributed by atoms with Gasteiger partial charge in [-0.25, -0.2) is 0 Å². The topological polar surface area (TPSA) is 75.7 Å². The average molecular weight is 338 g/mol. The molecule has 138 valence electrons. The van der Waals surface area contributed by atoms with Gasteiger partial charge in [-0.2, -0.15) is 0 Å². The molecule has 0 heterocycles. The van der Waals surface area contributed by atoms with Crippen molar-refractivity contribution in [2.24, 2.45) is 5.73 Å². The van der Waals surface area contributed by atoms with Crippen molar-refractivity contribution in [3.05, 3.63) is 29.8 Å². The van der Waals surface area contributed by atoms with E-state index in [1.165, 1.54) is 44.9 Å². The predicted octanol–water partition coefficient (Wildman–Crippen LogP) is 3.43. The molecule has 1 aromatic carbocycles. The van der Waals surface area contributed by atoms with E-state index in [4.69, 9.17) is 10.5 Å². The Labute approximate surface area is 147 Å². The zero-order valence-corrected chi connectivity index (χ0v) is 15.2. The maximum absolute atomic E-state index is 9.24. The van der Waals surface area contributed by atoms with Crippen LogP contribution >= 0.6 is 0 Å². The van der Waals surface area contributed by atoms with Gasteiger partial charge >= 0.3 is 0 Å². The van der Waals surface area contributed by atoms with Crippen LogP contribution in [0.4, 0.5) is 0 Å². The zero-order valence-electron chi connectivity index (χ0n) is 15.2. The van der Waals surface area contributed by atoms with Crippen LogP contribution in [-0.2, 0) is 6.42 Å². The first-order valence-corrected chi connectivity index (χ1v) is 9.36. The van der Waals surface area contributed by atoms with Gasteiger partial charge in [0.15, 0.2) is 0 Å². The van der Waals surface area contributed by atoms with Gasteiger partial charge in [-0.3, -0.25) is 0 Å². The molecule has 0 aliphatic heterocycles. The van der Waals surface area contributed by atoms with E-state index in [1.807, 2.05) is 24.3 Å². The molecule has 1 aromatic rings. The van der Waals surface area contributed by atoms with Crippen molar-refractivity contribution in [1.82, 2.24) is 0 Å². The third kappa shape index (κ3) is 8.67. The van der Waals surface area contributed by atoms with Crippen LogP contribution in [0.25, 0.3) is 0 Å². The lowest BCUT2D eigenvalue weighted by molar-refractivity contribution is 0.121. The molecule has 0 spiro atoms. The fourth-order valence-electron chi connectivity index (χ4n) is 2.70. The number of aliphatic hydroxyl groups is 2. The summed E-state index contributed by atoms with van der Waals surface area (Å²) in [5.74, 6) is 0.859. The molecule has 0 unspecified atom stereocenters. The molecule has 0 aliphatic carbocycles. The first kappa shape index (κ1) is 20.9. The Morgan fingerprint density at radius 1 is 0.875 bits per heavy atom. The monoisotopic (exact) mass is 337 g/mol. The fraction of sp³-hybridized carbons (Fsp3) is 0.700. The molecule has 4 heteroatoms. The Balaban J connectivity index is 2.16. The van der Waals surface area contributed by atoms with Crippen LogP contribution in [0.5, 0.6) is 5.75 Å². The molecule has 1 rings (SSSR count). The minimum absolute atomic E-state index is 0.236. The van der Waals surface area contributed by atoms with Gasteiger partial charge in [0.05, 0.1) is 25.4 Å². The molecule has 4 nitrogen and oxygen atoms in total. The molecular weight excluding hydrogens is 302 g/mol. The number of benzene rings is 1. The van der Waals surface area contributed by atoms with Crippen molar-refractivity contribution >= 4 is 0 Å². The van der Waals surface area contributed by atoms with Crippen molar-refractivity contribution in [2.45, 2.75) is 70.3 Å². The van der Waals surface area contributed by atoms with Crippen LogP contribution in [0.1, 0.15) is 63.9 Å². The van der Waals surface area contributed by atoms with Crippen LogP contribution in [0, 0.1) is 0 Å². The lowest BCUT2D eigenvalue weighted by Gasteiger charge is -2.24. The third-order valence-electron chi connectivity index (χ3n) is 4.38. The van der Waals surface area contributed by atoms with E-state index in [2.05, 4.69) is 6.92 Å². The lowest BCUT2D eigenvalue weighted by atomic mass is 9.93.